The molecule has 0 spiro atoms. The molecule has 1 atom stereocenters. The maximum atomic E-state index is 11.1. The Morgan fingerprint density at radius 2 is 2.25 bits per heavy atom. The average Bonchev–Trinajstić information content (AvgIpc) is 2.47. The lowest BCUT2D eigenvalue weighted by molar-refractivity contribution is -0.137. The summed E-state index contributed by atoms with van der Waals surface area (Å²) in [4.78, 5) is 17.7. The van der Waals surface area contributed by atoms with Gasteiger partial charge in [0.25, 0.3) is 0 Å². The molecule has 1 saturated heterocycles. The molecule has 1 fully saturated rings. The molecule has 0 bridgehead atoms. The lowest BCUT2D eigenvalue weighted by Gasteiger charge is -2.36. The van der Waals surface area contributed by atoms with Crippen molar-refractivity contribution >= 4 is 34.3 Å². The molecule has 2 heterocycles. The number of rotatable bonds is 3. The number of pyridine rings is 1. The molecule has 0 radical (unpaired) electrons. The Balaban J connectivity index is 2.01. The van der Waals surface area contributed by atoms with Crippen LogP contribution in [0.4, 0.5) is 5.82 Å². The number of nitrogens with zero attached hydrogens (tertiary/aromatic N) is 2. The summed E-state index contributed by atoms with van der Waals surface area (Å²) < 4.78 is 0. The van der Waals surface area contributed by atoms with Gasteiger partial charge >= 0.3 is 5.97 Å². The Morgan fingerprint density at radius 1 is 1.40 bits per heavy atom. The molecule has 5 heteroatoms. The maximum absolute atomic E-state index is 11.1. The number of fused-ring (bicyclic) bond motifs is 1. The van der Waals surface area contributed by atoms with E-state index in [9.17, 15) is 4.79 Å². The fourth-order valence-corrected chi connectivity index (χ4v) is 3.70. The number of benzene rings is 1. The first-order chi connectivity index (χ1) is 9.75. The fraction of sp³-hybridized carbons (Fsp3) is 0.333. The molecule has 1 aromatic heterocycles. The van der Waals surface area contributed by atoms with E-state index in [1.54, 1.807) is 6.20 Å². The second-order valence-electron chi connectivity index (χ2n) is 4.88. The molecule has 0 amide bonds. The minimum absolute atomic E-state index is 0.0181. The van der Waals surface area contributed by atoms with Crippen LogP contribution in [0, 0.1) is 0 Å². The predicted molar refractivity (Wildman–Crippen MR) is 82.5 cm³/mol. The van der Waals surface area contributed by atoms with Gasteiger partial charge in [0.15, 0.2) is 0 Å². The van der Waals surface area contributed by atoms with E-state index in [1.165, 1.54) is 0 Å². The molecule has 1 unspecified atom stereocenters. The lowest BCUT2D eigenvalue weighted by atomic mass is 10.1. The van der Waals surface area contributed by atoms with Crippen molar-refractivity contribution in [2.45, 2.75) is 12.5 Å². The summed E-state index contributed by atoms with van der Waals surface area (Å²) >= 11 is 1.82. The Hall–Kier alpha value is -1.75. The van der Waals surface area contributed by atoms with Crippen LogP contribution in [0.3, 0.4) is 0 Å². The van der Waals surface area contributed by atoms with Gasteiger partial charge in [0.05, 0.1) is 6.42 Å². The quantitative estimate of drug-likeness (QED) is 0.941. The molecule has 1 aromatic carbocycles. The zero-order chi connectivity index (χ0) is 13.9. The molecule has 2 aromatic rings. The number of carbonyl (C=O) groups is 1. The molecule has 1 aliphatic rings. The number of hydrogen-bond acceptors (Lipinski definition) is 4. The van der Waals surface area contributed by atoms with Gasteiger partial charge in [-0.25, -0.2) is 4.98 Å². The topological polar surface area (TPSA) is 53.4 Å². The van der Waals surface area contributed by atoms with Crippen molar-refractivity contribution in [1.82, 2.24) is 4.98 Å². The largest absolute Gasteiger partial charge is 0.481 e. The Bertz CT molecular complexity index is 627. The number of thioether (sulfide) groups is 1. The minimum Gasteiger partial charge on any atom is -0.481 e. The van der Waals surface area contributed by atoms with Gasteiger partial charge < -0.3 is 10.0 Å². The highest BCUT2D eigenvalue weighted by atomic mass is 32.2. The van der Waals surface area contributed by atoms with Gasteiger partial charge in [0.2, 0.25) is 0 Å². The lowest BCUT2D eigenvalue weighted by Crippen LogP contribution is -2.44. The Morgan fingerprint density at radius 3 is 3.10 bits per heavy atom. The van der Waals surface area contributed by atoms with Crippen LogP contribution >= 0.6 is 11.8 Å². The van der Waals surface area contributed by atoms with Gasteiger partial charge in [-0.1, -0.05) is 24.3 Å². The first-order valence-corrected chi connectivity index (χ1v) is 7.81. The van der Waals surface area contributed by atoms with Gasteiger partial charge in [-0.15, -0.1) is 0 Å². The highest BCUT2D eigenvalue weighted by Crippen LogP contribution is 2.30. The summed E-state index contributed by atoms with van der Waals surface area (Å²) in [5, 5.41) is 11.3. The average molecular weight is 288 g/mol. The first-order valence-electron chi connectivity index (χ1n) is 6.65. The number of aromatic nitrogens is 1. The maximum Gasteiger partial charge on any atom is 0.305 e. The molecule has 1 aliphatic heterocycles. The van der Waals surface area contributed by atoms with Crippen LogP contribution in [0.2, 0.25) is 0 Å². The molecule has 20 heavy (non-hydrogen) atoms. The van der Waals surface area contributed by atoms with Crippen LogP contribution in [0.15, 0.2) is 36.5 Å². The first kappa shape index (κ1) is 13.2. The van der Waals surface area contributed by atoms with Crippen LogP contribution in [-0.4, -0.2) is 40.2 Å². The van der Waals surface area contributed by atoms with E-state index in [4.69, 9.17) is 5.11 Å². The third kappa shape index (κ3) is 2.58. The third-order valence-corrected chi connectivity index (χ3v) is 4.65. The summed E-state index contributed by atoms with van der Waals surface area (Å²) in [6.07, 6.45) is 1.97. The number of anilines is 1. The highest BCUT2D eigenvalue weighted by molar-refractivity contribution is 7.99. The van der Waals surface area contributed by atoms with Crippen molar-refractivity contribution in [2.75, 3.05) is 23.0 Å². The normalized spacial score (nSPS) is 19.2. The molecular formula is C15H16N2O2S. The smallest absolute Gasteiger partial charge is 0.305 e. The number of carboxylic acid groups (broad SMARTS) is 1. The van der Waals surface area contributed by atoms with Gasteiger partial charge in [-0.3, -0.25) is 4.79 Å². The van der Waals surface area contributed by atoms with Gasteiger partial charge in [-0.05, 0) is 11.5 Å². The van der Waals surface area contributed by atoms with Crippen molar-refractivity contribution in [3.05, 3.63) is 36.5 Å². The number of carboxylic acids is 1. The molecule has 3 rings (SSSR count). The number of aliphatic carboxylic acids is 1. The van der Waals surface area contributed by atoms with Crippen molar-refractivity contribution < 1.29 is 9.90 Å². The second-order valence-corrected chi connectivity index (χ2v) is 6.03. The van der Waals surface area contributed by atoms with Gasteiger partial charge in [-0.2, -0.15) is 11.8 Å². The SMILES string of the molecule is O=C(O)CC1CSCCN1c1nccc2ccccc12. The van der Waals surface area contributed by atoms with E-state index >= 15 is 0 Å². The molecule has 0 saturated carbocycles. The van der Waals surface area contributed by atoms with E-state index < -0.39 is 5.97 Å². The van der Waals surface area contributed by atoms with E-state index in [2.05, 4.69) is 22.0 Å². The van der Waals surface area contributed by atoms with E-state index in [1.807, 2.05) is 30.0 Å². The van der Waals surface area contributed by atoms with E-state index in [0.717, 1.165) is 34.6 Å². The zero-order valence-corrected chi connectivity index (χ0v) is 11.8. The second kappa shape index (κ2) is 5.71. The summed E-state index contributed by atoms with van der Waals surface area (Å²) in [7, 11) is 0. The summed E-state index contributed by atoms with van der Waals surface area (Å²) in [5.74, 6) is 2.02. The zero-order valence-electron chi connectivity index (χ0n) is 11.0. The minimum atomic E-state index is -0.747. The van der Waals surface area contributed by atoms with E-state index in [-0.39, 0.29) is 12.5 Å². The summed E-state index contributed by atoms with van der Waals surface area (Å²) in [5.41, 5.74) is 0. The monoisotopic (exact) mass is 288 g/mol. The van der Waals surface area contributed by atoms with Gasteiger partial charge in [0, 0.05) is 35.7 Å². The molecule has 4 nitrogen and oxygen atoms in total. The number of hydrogen-bond donors (Lipinski definition) is 1. The standard InChI is InChI=1S/C15H16N2O2S/c18-14(19)9-12-10-20-8-7-17(12)15-13-4-2-1-3-11(13)5-6-16-15/h1-6,12H,7-10H2,(H,18,19). The van der Waals surface area contributed by atoms with Crippen molar-refractivity contribution in [3.8, 4) is 0 Å². The van der Waals surface area contributed by atoms with Crippen LogP contribution in [0.25, 0.3) is 10.8 Å². The fourth-order valence-electron chi connectivity index (χ4n) is 2.64. The van der Waals surface area contributed by atoms with Crippen molar-refractivity contribution in [3.63, 3.8) is 0 Å². The molecule has 0 aliphatic carbocycles. The Labute approximate surface area is 121 Å². The summed E-state index contributed by atoms with van der Waals surface area (Å²) in [6, 6.07) is 10.1. The Kier molecular flexibility index (Phi) is 3.78. The molecule has 104 valence electrons. The van der Waals surface area contributed by atoms with Crippen LogP contribution < -0.4 is 4.90 Å². The van der Waals surface area contributed by atoms with Crippen LogP contribution in [0.1, 0.15) is 6.42 Å². The van der Waals surface area contributed by atoms with Crippen LogP contribution in [-0.2, 0) is 4.79 Å². The van der Waals surface area contributed by atoms with Gasteiger partial charge in [0.1, 0.15) is 5.82 Å². The van der Waals surface area contributed by atoms with Crippen molar-refractivity contribution in [1.29, 1.82) is 0 Å². The molecule has 1 N–H and O–H groups in total. The molecular weight excluding hydrogens is 272 g/mol. The summed E-state index contributed by atoms with van der Waals surface area (Å²) in [6.45, 7) is 0.851. The van der Waals surface area contributed by atoms with Crippen molar-refractivity contribution in [2.24, 2.45) is 0 Å². The predicted octanol–water partition coefficient (Wildman–Crippen LogP) is 2.63. The third-order valence-electron chi connectivity index (χ3n) is 3.56. The highest BCUT2D eigenvalue weighted by Gasteiger charge is 2.27. The van der Waals surface area contributed by atoms with Crippen LogP contribution in [0.5, 0.6) is 0 Å². The van der Waals surface area contributed by atoms with E-state index in [0.29, 0.717) is 0 Å².